The maximum atomic E-state index is 12.5. The molecule has 1 aliphatic heterocycles. The molecule has 1 saturated heterocycles. The van der Waals surface area contributed by atoms with Gasteiger partial charge in [-0.15, -0.1) is 0 Å². The molecule has 0 N–H and O–H groups in total. The average Bonchev–Trinajstić information content (AvgIpc) is 3.27. The van der Waals surface area contributed by atoms with E-state index < -0.39 is 5.92 Å². The number of unbranched alkanes of at least 4 members (excludes halogenated alkanes) is 3. The topological polar surface area (TPSA) is 80.8 Å². The number of Topliss-reactive ketones (excluding diaryl/α,β-unsaturated/α-hetero) is 3. The van der Waals surface area contributed by atoms with Crippen LogP contribution in [0, 0.1) is 5.92 Å². The molecule has 2 aliphatic rings. The molecule has 6 nitrogen and oxygen atoms in total. The normalized spacial score (nSPS) is 21.2. The Bertz CT molecular complexity index is 813. The molecular weight excluding hydrogens is 406 g/mol. The number of fused-ring (bicyclic) bond motifs is 1. The first-order chi connectivity index (χ1) is 15.4. The van der Waals surface area contributed by atoms with Gasteiger partial charge in [0.05, 0.1) is 12.3 Å². The smallest absolute Gasteiger partial charge is 0.306 e. The van der Waals surface area contributed by atoms with Crippen molar-refractivity contribution in [2.45, 2.75) is 83.8 Å². The second-order valence-electron chi connectivity index (χ2n) is 9.14. The first-order valence-corrected chi connectivity index (χ1v) is 12.0. The molecule has 1 heterocycles. The van der Waals surface area contributed by atoms with Crippen LogP contribution in [0.25, 0.3) is 0 Å². The van der Waals surface area contributed by atoms with Gasteiger partial charge in [-0.1, -0.05) is 50.5 Å². The molecule has 1 aromatic rings. The van der Waals surface area contributed by atoms with E-state index in [1.807, 2.05) is 12.1 Å². The Morgan fingerprint density at radius 3 is 2.28 bits per heavy atom. The fraction of sp³-hybridized carbons (Fsp3) is 0.615. The second-order valence-corrected chi connectivity index (χ2v) is 9.14. The molecular formula is C26H35NO5. The third-order valence-electron chi connectivity index (χ3n) is 6.72. The lowest BCUT2D eigenvalue weighted by atomic mass is 9.96. The van der Waals surface area contributed by atoms with E-state index in [9.17, 15) is 19.2 Å². The first-order valence-electron chi connectivity index (χ1n) is 12.0. The van der Waals surface area contributed by atoms with Crippen LogP contribution in [0.4, 0.5) is 0 Å². The highest BCUT2D eigenvalue weighted by Crippen LogP contribution is 2.30. The van der Waals surface area contributed by atoms with E-state index in [0.717, 1.165) is 51.6 Å². The van der Waals surface area contributed by atoms with Crippen molar-refractivity contribution in [3.05, 3.63) is 35.4 Å². The minimum Gasteiger partial charge on any atom is -0.461 e. The molecule has 2 atom stereocenters. The zero-order chi connectivity index (χ0) is 23.1. The van der Waals surface area contributed by atoms with Gasteiger partial charge in [-0.3, -0.25) is 19.3 Å². The molecule has 1 aromatic carbocycles. The summed E-state index contributed by atoms with van der Waals surface area (Å²) in [6.45, 7) is 5.37. The van der Waals surface area contributed by atoms with Crippen LogP contribution in [-0.2, 0) is 14.3 Å². The second kappa shape index (κ2) is 11.5. The quantitative estimate of drug-likeness (QED) is 0.272. The van der Waals surface area contributed by atoms with Crippen molar-refractivity contribution in [3.8, 4) is 0 Å². The molecule has 0 saturated carbocycles. The fourth-order valence-corrected chi connectivity index (χ4v) is 4.93. The standard InChI is InChI=1S/C26H35NO5/c1-3-19-16-20(32-24(29)14-13-18(2)28)17-27(19)15-9-5-4-6-12-23-25(30)21-10-7-8-11-22(21)26(23)31/h7-8,10-11,19-20,23H,3-6,9,12-17H2,1-2H3/t19-,20-/m1/s1. The van der Waals surface area contributed by atoms with E-state index in [1.54, 1.807) is 12.1 Å². The lowest BCUT2D eigenvalue weighted by molar-refractivity contribution is -0.149. The minimum atomic E-state index is -0.492. The number of benzene rings is 1. The number of nitrogens with zero attached hydrogens (tertiary/aromatic N) is 1. The Labute approximate surface area is 190 Å². The number of rotatable bonds is 12. The molecule has 6 heteroatoms. The summed E-state index contributed by atoms with van der Waals surface area (Å²) in [6.07, 6.45) is 6.82. The van der Waals surface area contributed by atoms with Crippen molar-refractivity contribution in [3.63, 3.8) is 0 Å². The summed E-state index contributed by atoms with van der Waals surface area (Å²) in [6, 6.07) is 7.55. The van der Waals surface area contributed by atoms with Crippen LogP contribution in [0.3, 0.4) is 0 Å². The number of hydrogen-bond acceptors (Lipinski definition) is 6. The van der Waals surface area contributed by atoms with Gasteiger partial charge in [-0.2, -0.15) is 0 Å². The Morgan fingerprint density at radius 1 is 1.00 bits per heavy atom. The predicted octanol–water partition coefficient (Wildman–Crippen LogP) is 4.40. The molecule has 1 fully saturated rings. The van der Waals surface area contributed by atoms with Gasteiger partial charge in [0.15, 0.2) is 11.6 Å². The summed E-state index contributed by atoms with van der Waals surface area (Å²) in [7, 11) is 0. The Balaban J connectivity index is 1.33. The highest BCUT2D eigenvalue weighted by Gasteiger charge is 2.37. The van der Waals surface area contributed by atoms with Gasteiger partial charge in [0.1, 0.15) is 11.9 Å². The van der Waals surface area contributed by atoms with Crippen LogP contribution in [0.5, 0.6) is 0 Å². The zero-order valence-electron chi connectivity index (χ0n) is 19.3. The van der Waals surface area contributed by atoms with Crippen molar-refractivity contribution in [2.24, 2.45) is 5.92 Å². The fourth-order valence-electron chi connectivity index (χ4n) is 4.93. The van der Waals surface area contributed by atoms with E-state index in [-0.39, 0.29) is 42.3 Å². The zero-order valence-corrected chi connectivity index (χ0v) is 19.3. The number of ether oxygens (including phenoxy) is 1. The Kier molecular flexibility index (Phi) is 8.74. The van der Waals surface area contributed by atoms with Crippen LogP contribution in [0.15, 0.2) is 24.3 Å². The van der Waals surface area contributed by atoms with Crippen molar-refractivity contribution in [2.75, 3.05) is 13.1 Å². The number of carbonyl (C=O) groups excluding carboxylic acids is 4. The lowest BCUT2D eigenvalue weighted by Gasteiger charge is -2.22. The number of ketones is 3. The van der Waals surface area contributed by atoms with Crippen molar-refractivity contribution in [1.29, 1.82) is 0 Å². The number of carbonyl (C=O) groups is 4. The molecule has 0 bridgehead atoms. The van der Waals surface area contributed by atoms with E-state index in [2.05, 4.69) is 11.8 Å². The molecule has 0 spiro atoms. The van der Waals surface area contributed by atoms with Crippen LogP contribution in [-0.4, -0.2) is 53.5 Å². The van der Waals surface area contributed by atoms with E-state index >= 15 is 0 Å². The monoisotopic (exact) mass is 441 g/mol. The highest BCUT2D eigenvalue weighted by atomic mass is 16.5. The SMILES string of the molecule is CC[C@@H]1C[C@@H](OC(=O)CCC(C)=O)CN1CCCCCCC1C(=O)c2ccccc2C1=O. The molecule has 174 valence electrons. The minimum absolute atomic E-state index is 0.00707. The number of esters is 1. The molecule has 0 amide bonds. The lowest BCUT2D eigenvalue weighted by Crippen LogP contribution is -2.30. The van der Waals surface area contributed by atoms with Gasteiger partial charge in [0, 0.05) is 36.6 Å². The number of likely N-dealkylation sites (tertiary alicyclic amines) is 1. The van der Waals surface area contributed by atoms with Crippen molar-refractivity contribution in [1.82, 2.24) is 4.90 Å². The Morgan fingerprint density at radius 2 is 1.66 bits per heavy atom. The van der Waals surface area contributed by atoms with E-state index in [0.29, 0.717) is 23.6 Å². The van der Waals surface area contributed by atoms with Gasteiger partial charge in [-0.25, -0.2) is 0 Å². The summed E-state index contributed by atoms with van der Waals surface area (Å²) in [5.41, 5.74) is 1.16. The molecule has 0 unspecified atom stereocenters. The van der Waals surface area contributed by atoms with Gasteiger partial charge >= 0.3 is 5.97 Å². The maximum absolute atomic E-state index is 12.5. The molecule has 1 aliphatic carbocycles. The summed E-state index contributed by atoms with van der Waals surface area (Å²) in [4.78, 5) is 50.3. The predicted molar refractivity (Wildman–Crippen MR) is 122 cm³/mol. The van der Waals surface area contributed by atoms with Gasteiger partial charge in [0.2, 0.25) is 0 Å². The highest BCUT2D eigenvalue weighted by molar-refractivity contribution is 6.26. The van der Waals surface area contributed by atoms with Gasteiger partial charge in [0.25, 0.3) is 0 Å². The molecule has 32 heavy (non-hydrogen) atoms. The van der Waals surface area contributed by atoms with Crippen molar-refractivity contribution < 1.29 is 23.9 Å². The summed E-state index contributed by atoms with van der Waals surface area (Å²) >= 11 is 0. The van der Waals surface area contributed by atoms with Crippen LogP contribution >= 0.6 is 0 Å². The molecule has 3 rings (SSSR count). The van der Waals surface area contributed by atoms with E-state index in [1.165, 1.54) is 6.92 Å². The molecule has 0 radical (unpaired) electrons. The van der Waals surface area contributed by atoms with Crippen LogP contribution in [0.1, 0.15) is 92.4 Å². The summed E-state index contributed by atoms with van der Waals surface area (Å²) < 4.78 is 5.58. The maximum Gasteiger partial charge on any atom is 0.306 e. The molecule has 0 aromatic heterocycles. The van der Waals surface area contributed by atoms with Crippen LogP contribution < -0.4 is 0 Å². The summed E-state index contributed by atoms with van der Waals surface area (Å²) in [5, 5.41) is 0. The van der Waals surface area contributed by atoms with Crippen LogP contribution in [0.2, 0.25) is 0 Å². The van der Waals surface area contributed by atoms with Crippen molar-refractivity contribution >= 4 is 23.3 Å². The summed E-state index contributed by atoms with van der Waals surface area (Å²) in [5.74, 6) is -0.795. The third kappa shape index (κ3) is 6.12. The van der Waals surface area contributed by atoms with Gasteiger partial charge < -0.3 is 9.53 Å². The average molecular weight is 442 g/mol. The number of hydrogen-bond donors (Lipinski definition) is 0. The Hall–Kier alpha value is -2.34. The van der Waals surface area contributed by atoms with Gasteiger partial charge in [-0.05, 0) is 32.7 Å². The van der Waals surface area contributed by atoms with E-state index in [4.69, 9.17) is 4.74 Å². The largest absolute Gasteiger partial charge is 0.461 e. The first kappa shape index (κ1) is 24.3. The third-order valence-corrected chi connectivity index (χ3v) is 6.72.